The summed E-state index contributed by atoms with van der Waals surface area (Å²) in [5.41, 5.74) is 0.927. The second kappa shape index (κ2) is 8.69. The normalized spacial score (nSPS) is 16.9. The Kier molecular flexibility index (Phi) is 5.84. The van der Waals surface area contributed by atoms with E-state index in [-0.39, 0.29) is 11.9 Å². The number of amides is 2. The maximum Gasteiger partial charge on any atom is 0.323 e. The molecule has 2 aromatic heterocycles. The first-order chi connectivity index (χ1) is 14.1. The molecule has 1 fully saturated rings. The van der Waals surface area contributed by atoms with E-state index in [1.54, 1.807) is 4.90 Å². The maximum absolute atomic E-state index is 12.7. The van der Waals surface area contributed by atoms with Gasteiger partial charge in [-0.05, 0) is 18.8 Å². The lowest BCUT2D eigenvalue weighted by atomic mass is 9.98. The minimum absolute atomic E-state index is 0.0669. The van der Waals surface area contributed by atoms with Crippen LogP contribution in [-0.4, -0.2) is 43.5 Å². The molecule has 152 valence electrons. The minimum atomic E-state index is -0.174. The van der Waals surface area contributed by atoms with Gasteiger partial charge in [-0.3, -0.25) is 5.32 Å². The van der Waals surface area contributed by atoms with Crippen molar-refractivity contribution >= 4 is 22.7 Å². The summed E-state index contributed by atoms with van der Waals surface area (Å²) in [6, 6.07) is 9.54. The summed E-state index contributed by atoms with van der Waals surface area (Å²) in [7, 11) is 0. The lowest BCUT2D eigenvalue weighted by Gasteiger charge is -2.30. The Morgan fingerprint density at radius 1 is 1.31 bits per heavy atom. The lowest BCUT2D eigenvalue weighted by molar-refractivity contribution is 0.184. The van der Waals surface area contributed by atoms with Crippen molar-refractivity contribution in [2.24, 2.45) is 5.92 Å². The van der Waals surface area contributed by atoms with E-state index in [4.69, 9.17) is 4.52 Å². The van der Waals surface area contributed by atoms with Gasteiger partial charge in [0.15, 0.2) is 11.6 Å². The summed E-state index contributed by atoms with van der Waals surface area (Å²) in [4.78, 5) is 23.5. The highest BCUT2D eigenvalue weighted by molar-refractivity contribution is 7.10. The Morgan fingerprint density at radius 2 is 2.14 bits per heavy atom. The van der Waals surface area contributed by atoms with Gasteiger partial charge in [-0.1, -0.05) is 49.3 Å². The molecule has 0 aliphatic carbocycles. The van der Waals surface area contributed by atoms with Gasteiger partial charge in [-0.2, -0.15) is 14.3 Å². The van der Waals surface area contributed by atoms with Crippen LogP contribution in [0.4, 0.5) is 9.93 Å². The predicted octanol–water partition coefficient (Wildman–Crippen LogP) is 4.20. The molecule has 1 atom stereocenters. The lowest BCUT2D eigenvalue weighted by Crippen LogP contribution is -2.41. The number of piperidine rings is 1. The largest absolute Gasteiger partial charge is 0.339 e. The molecule has 29 heavy (non-hydrogen) atoms. The minimum Gasteiger partial charge on any atom is -0.339 e. The van der Waals surface area contributed by atoms with Crippen molar-refractivity contribution in [1.29, 1.82) is 0 Å². The molecule has 3 aromatic rings. The van der Waals surface area contributed by atoms with E-state index in [2.05, 4.69) is 38.7 Å². The Bertz CT molecular complexity index is 955. The number of hydrogen-bond acceptors (Lipinski definition) is 7. The van der Waals surface area contributed by atoms with Crippen LogP contribution >= 0.6 is 11.5 Å². The van der Waals surface area contributed by atoms with Gasteiger partial charge < -0.3 is 9.42 Å². The second-order valence-electron chi connectivity index (χ2n) is 7.65. The molecule has 1 aromatic carbocycles. The van der Waals surface area contributed by atoms with E-state index in [1.165, 1.54) is 11.5 Å². The number of nitrogens with one attached hydrogen (secondary N) is 1. The fraction of sp³-hybridized carbons (Fsp3) is 0.450. The average Bonchev–Trinajstić information content (AvgIpc) is 3.38. The molecule has 0 unspecified atom stereocenters. The van der Waals surface area contributed by atoms with Crippen LogP contribution in [-0.2, 0) is 6.42 Å². The molecule has 9 heteroatoms. The van der Waals surface area contributed by atoms with Gasteiger partial charge >= 0.3 is 6.03 Å². The van der Waals surface area contributed by atoms with Crippen LogP contribution in [0.15, 0.2) is 34.9 Å². The van der Waals surface area contributed by atoms with Crippen LogP contribution in [0, 0.1) is 5.92 Å². The SMILES string of the molecule is CC(C)Cc1noc([C@H]2CCCN(C(=O)Nc3nc(-c4ccccc4)ns3)C2)n1. The van der Waals surface area contributed by atoms with E-state index < -0.39 is 0 Å². The third-order valence-electron chi connectivity index (χ3n) is 4.80. The Labute approximate surface area is 173 Å². The molecule has 2 amide bonds. The number of urea groups is 1. The third-order valence-corrected chi connectivity index (χ3v) is 5.43. The van der Waals surface area contributed by atoms with Crippen LogP contribution in [0.3, 0.4) is 0 Å². The van der Waals surface area contributed by atoms with Crippen LogP contribution in [0.2, 0.25) is 0 Å². The van der Waals surface area contributed by atoms with Crippen molar-refractivity contribution in [2.45, 2.75) is 39.0 Å². The molecule has 3 heterocycles. The number of likely N-dealkylation sites (tertiary alicyclic amines) is 1. The van der Waals surface area contributed by atoms with Crippen molar-refractivity contribution in [3.8, 4) is 11.4 Å². The molecular weight excluding hydrogens is 388 g/mol. The zero-order chi connectivity index (χ0) is 20.2. The first kappa shape index (κ1) is 19.5. The summed E-state index contributed by atoms with van der Waals surface area (Å²) in [5.74, 6) is 2.52. The van der Waals surface area contributed by atoms with E-state index >= 15 is 0 Å². The summed E-state index contributed by atoms with van der Waals surface area (Å²) in [6.45, 7) is 5.50. The molecular formula is C20H24N6O2S. The van der Waals surface area contributed by atoms with Crippen molar-refractivity contribution in [3.05, 3.63) is 42.0 Å². The molecule has 1 aliphatic heterocycles. The van der Waals surface area contributed by atoms with Crippen LogP contribution < -0.4 is 5.32 Å². The van der Waals surface area contributed by atoms with Gasteiger partial charge in [0, 0.05) is 36.6 Å². The molecule has 1 aliphatic rings. The summed E-state index contributed by atoms with van der Waals surface area (Å²) in [6.07, 6.45) is 2.62. The Balaban J connectivity index is 1.38. The molecule has 1 N–H and O–H groups in total. The number of carbonyl (C=O) groups is 1. The van der Waals surface area contributed by atoms with Crippen molar-refractivity contribution in [3.63, 3.8) is 0 Å². The summed E-state index contributed by atoms with van der Waals surface area (Å²) in [5, 5.41) is 7.44. The molecule has 4 rings (SSSR count). The first-order valence-electron chi connectivity index (χ1n) is 9.86. The number of aromatic nitrogens is 4. The van der Waals surface area contributed by atoms with Crippen molar-refractivity contribution in [2.75, 3.05) is 18.4 Å². The second-order valence-corrected chi connectivity index (χ2v) is 8.40. The van der Waals surface area contributed by atoms with E-state index in [0.29, 0.717) is 35.9 Å². The summed E-state index contributed by atoms with van der Waals surface area (Å²) < 4.78 is 9.80. The standard InChI is InChI=1S/C20H24N6O2S/c1-13(2)11-16-21-18(28-24-16)15-9-6-10-26(12-15)20(27)23-19-22-17(25-29-19)14-7-4-3-5-8-14/h3-5,7-8,13,15H,6,9-12H2,1-2H3,(H,22,23,25,27)/t15-/m0/s1. The molecule has 0 saturated carbocycles. The predicted molar refractivity (Wildman–Crippen MR) is 111 cm³/mol. The Morgan fingerprint density at radius 3 is 2.93 bits per heavy atom. The Hall–Kier alpha value is -2.81. The number of rotatable bonds is 5. The van der Waals surface area contributed by atoms with Gasteiger partial charge in [-0.25, -0.2) is 4.79 Å². The fourth-order valence-corrected chi connectivity index (χ4v) is 3.97. The topological polar surface area (TPSA) is 97.0 Å². The molecule has 0 spiro atoms. The van der Waals surface area contributed by atoms with E-state index in [9.17, 15) is 4.79 Å². The number of nitrogens with zero attached hydrogens (tertiary/aromatic N) is 5. The highest BCUT2D eigenvalue weighted by atomic mass is 32.1. The summed E-state index contributed by atoms with van der Waals surface area (Å²) >= 11 is 1.18. The monoisotopic (exact) mass is 412 g/mol. The number of benzene rings is 1. The maximum atomic E-state index is 12.7. The third kappa shape index (κ3) is 4.79. The van der Waals surface area contributed by atoms with Gasteiger partial charge in [0.1, 0.15) is 0 Å². The molecule has 0 bridgehead atoms. The average molecular weight is 413 g/mol. The number of anilines is 1. The quantitative estimate of drug-likeness (QED) is 0.675. The number of carbonyl (C=O) groups excluding carboxylic acids is 1. The fourth-order valence-electron chi connectivity index (χ4n) is 3.39. The van der Waals surface area contributed by atoms with E-state index in [1.807, 2.05) is 30.3 Å². The smallest absolute Gasteiger partial charge is 0.323 e. The first-order valence-corrected chi connectivity index (χ1v) is 10.6. The van der Waals surface area contributed by atoms with Gasteiger partial charge in [0.05, 0.1) is 5.92 Å². The molecule has 8 nitrogen and oxygen atoms in total. The zero-order valence-electron chi connectivity index (χ0n) is 16.5. The zero-order valence-corrected chi connectivity index (χ0v) is 17.4. The van der Waals surface area contributed by atoms with Gasteiger partial charge in [0.25, 0.3) is 0 Å². The van der Waals surface area contributed by atoms with Crippen LogP contribution in [0.25, 0.3) is 11.4 Å². The highest BCUT2D eigenvalue weighted by Gasteiger charge is 2.29. The van der Waals surface area contributed by atoms with Gasteiger partial charge in [-0.15, -0.1) is 0 Å². The van der Waals surface area contributed by atoms with Crippen molar-refractivity contribution in [1.82, 2.24) is 24.4 Å². The van der Waals surface area contributed by atoms with E-state index in [0.717, 1.165) is 30.7 Å². The highest BCUT2D eigenvalue weighted by Crippen LogP contribution is 2.27. The van der Waals surface area contributed by atoms with Gasteiger partial charge in [0.2, 0.25) is 11.0 Å². The van der Waals surface area contributed by atoms with Crippen LogP contribution in [0.1, 0.15) is 44.3 Å². The van der Waals surface area contributed by atoms with Crippen LogP contribution in [0.5, 0.6) is 0 Å². The molecule has 0 radical (unpaired) electrons. The number of hydrogen-bond donors (Lipinski definition) is 1. The van der Waals surface area contributed by atoms with Crippen molar-refractivity contribution < 1.29 is 9.32 Å². The molecule has 1 saturated heterocycles.